The molecule has 2 amide bonds. The van der Waals surface area contributed by atoms with Crippen molar-refractivity contribution in [3.05, 3.63) is 83.2 Å². The second kappa shape index (κ2) is 9.40. The monoisotopic (exact) mass is 431 g/mol. The fraction of sp³-hybridized carbons (Fsp3) is 0.125. The summed E-state index contributed by atoms with van der Waals surface area (Å²) in [7, 11) is 0. The van der Waals surface area contributed by atoms with Crippen LogP contribution in [0.5, 0.6) is 5.75 Å². The number of pyridine rings is 1. The van der Waals surface area contributed by atoms with Crippen LogP contribution in [0.15, 0.2) is 72.1 Å². The second-order valence-electron chi connectivity index (χ2n) is 6.97. The fourth-order valence-electron chi connectivity index (χ4n) is 3.25. The Morgan fingerprint density at radius 3 is 2.48 bits per heavy atom. The largest absolute Gasteiger partial charge is 0.508 e. The third kappa shape index (κ3) is 4.90. The Hall–Kier alpha value is -3.71. The molecule has 2 aromatic carbocycles. The van der Waals surface area contributed by atoms with Crippen molar-refractivity contribution in [1.29, 1.82) is 0 Å². The number of phenolic OH excluding ortho intramolecular Hbond substituents is 1. The van der Waals surface area contributed by atoms with Crippen LogP contribution in [0.25, 0.3) is 21.5 Å². The van der Waals surface area contributed by atoms with E-state index in [0.29, 0.717) is 30.6 Å². The van der Waals surface area contributed by atoms with E-state index in [1.807, 2.05) is 47.8 Å². The average molecular weight is 432 g/mol. The summed E-state index contributed by atoms with van der Waals surface area (Å²) in [6.45, 7) is 0.830. The Balaban J connectivity index is 1.38. The molecule has 4 aromatic rings. The molecular weight excluding hydrogens is 410 g/mol. The van der Waals surface area contributed by atoms with Gasteiger partial charge in [0.25, 0.3) is 11.8 Å². The van der Waals surface area contributed by atoms with E-state index in [4.69, 9.17) is 0 Å². The third-order valence-electron chi connectivity index (χ3n) is 4.77. The van der Waals surface area contributed by atoms with Crippen LogP contribution < -0.4 is 10.6 Å². The number of para-hydroxylation sites is 1. The number of aromatic nitrogens is 1. The zero-order valence-electron chi connectivity index (χ0n) is 16.7. The highest BCUT2D eigenvalue weighted by Crippen LogP contribution is 2.27. The number of fused-ring (bicyclic) bond motifs is 1. The zero-order chi connectivity index (χ0) is 21.6. The first-order valence-electron chi connectivity index (χ1n) is 9.91. The molecule has 0 atom stereocenters. The first-order valence-corrected chi connectivity index (χ1v) is 10.8. The van der Waals surface area contributed by atoms with E-state index in [0.717, 1.165) is 21.5 Å². The summed E-state index contributed by atoms with van der Waals surface area (Å²) in [5.74, 6) is -0.384. The number of hydrogen-bond donors (Lipinski definition) is 3. The van der Waals surface area contributed by atoms with Gasteiger partial charge in [0.15, 0.2) is 0 Å². The Kier molecular flexibility index (Phi) is 6.24. The van der Waals surface area contributed by atoms with Gasteiger partial charge in [0.05, 0.1) is 21.7 Å². The lowest BCUT2D eigenvalue weighted by molar-refractivity contribution is 0.0952. The lowest BCUT2D eigenvalue weighted by atomic mass is 10.1. The predicted molar refractivity (Wildman–Crippen MR) is 122 cm³/mol. The van der Waals surface area contributed by atoms with Gasteiger partial charge in [0, 0.05) is 24.0 Å². The van der Waals surface area contributed by atoms with E-state index >= 15 is 0 Å². The quantitative estimate of drug-likeness (QED) is 0.382. The maximum absolute atomic E-state index is 12.9. The van der Waals surface area contributed by atoms with Crippen LogP contribution in [0, 0.1) is 0 Å². The number of phenols is 1. The molecule has 7 heteroatoms. The lowest BCUT2D eigenvalue weighted by Crippen LogP contribution is -2.30. The Morgan fingerprint density at radius 2 is 1.71 bits per heavy atom. The van der Waals surface area contributed by atoms with Crippen molar-refractivity contribution in [2.75, 3.05) is 13.1 Å². The Labute approximate surface area is 183 Å². The summed E-state index contributed by atoms with van der Waals surface area (Å²) in [4.78, 5) is 30.7. The first kappa shape index (κ1) is 20.6. The molecular formula is C24H21N3O3S. The summed E-state index contributed by atoms with van der Waals surface area (Å²) in [5.41, 5.74) is 2.53. The van der Waals surface area contributed by atoms with E-state index in [-0.39, 0.29) is 17.6 Å². The van der Waals surface area contributed by atoms with Crippen LogP contribution in [0.3, 0.4) is 0 Å². The van der Waals surface area contributed by atoms with Crippen LogP contribution in [0.1, 0.15) is 27.1 Å². The molecule has 0 aliphatic heterocycles. The molecule has 6 nitrogen and oxygen atoms in total. The minimum atomic E-state index is -0.261. The fourth-order valence-corrected chi connectivity index (χ4v) is 3.94. The zero-order valence-corrected chi connectivity index (χ0v) is 17.5. The SMILES string of the molecule is O=C(NCCCNC(=O)c1cc(-c2cccs2)nc2ccccc12)c1cccc(O)c1. The Bertz CT molecular complexity index is 1220. The minimum Gasteiger partial charge on any atom is -0.508 e. The van der Waals surface area contributed by atoms with Gasteiger partial charge in [-0.3, -0.25) is 9.59 Å². The average Bonchev–Trinajstić information content (AvgIpc) is 3.33. The third-order valence-corrected chi connectivity index (χ3v) is 5.66. The number of carbonyl (C=O) groups is 2. The van der Waals surface area contributed by atoms with Gasteiger partial charge in [0.2, 0.25) is 0 Å². The molecule has 2 heterocycles. The van der Waals surface area contributed by atoms with E-state index in [2.05, 4.69) is 15.6 Å². The molecule has 0 radical (unpaired) electrons. The van der Waals surface area contributed by atoms with Gasteiger partial charge in [-0.25, -0.2) is 4.98 Å². The molecule has 0 saturated carbocycles. The van der Waals surface area contributed by atoms with Gasteiger partial charge in [-0.15, -0.1) is 11.3 Å². The highest BCUT2D eigenvalue weighted by atomic mass is 32.1. The molecule has 156 valence electrons. The van der Waals surface area contributed by atoms with E-state index in [1.54, 1.807) is 23.5 Å². The standard InChI is InChI=1S/C24H21N3O3S/c28-17-7-3-6-16(14-17)23(29)25-11-5-12-26-24(30)19-15-21(22-10-4-13-31-22)27-20-9-2-1-8-18(19)20/h1-4,6-10,13-15,28H,5,11-12H2,(H,25,29)(H,26,30). The highest BCUT2D eigenvalue weighted by Gasteiger charge is 2.14. The van der Waals surface area contributed by atoms with Crippen molar-refractivity contribution in [2.45, 2.75) is 6.42 Å². The van der Waals surface area contributed by atoms with Crippen LogP contribution in [-0.2, 0) is 0 Å². The Morgan fingerprint density at radius 1 is 0.903 bits per heavy atom. The summed E-state index contributed by atoms with van der Waals surface area (Å²) >= 11 is 1.58. The molecule has 0 spiro atoms. The van der Waals surface area contributed by atoms with Crippen LogP contribution >= 0.6 is 11.3 Å². The van der Waals surface area contributed by atoms with Gasteiger partial charge < -0.3 is 15.7 Å². The molecule has 0 unspecified atom stereocenters. The second-order valence-corrected chi connectivity index (χ2v) is 7.91. The molecule has 0 aliphatic carbocycles. The van der Waals surface area contributed by atoms with Gasteiger partial charge in [0.1, 0.15) is 5.75 Å². The van der Waals surface area contributed by atoms with Crippen molar-refractivity contribution in [3.63, 3.8) is 0 Å². The molecule has 4 rings (SSSR count). The maximum atomic E-state index is 12.9. The topological polar surface area (TPSA) is 91.3 Å². The smallest absolute Gasteiger partial charge is 0.252 e. The highest BCUT2D eigenvalue weighted by molar-refractivity contribution is 7.13. The van der Waals surface area contributed by atoms with Crippen molar-refractivity contribution in [1.82, 2.24) is 15.6 Å². The molecule has 2 aromatic heterocycles. The number of rotatable bonds is 7. The number of hydrogen-bond acceptors (Lipinski definition) is 5. The summed E-state index contributed by atoms with van der Waals surface area (Å²) in [6.07, 6.45) is 0.580. The summed E-state index contributed by atoms with van der Waals surface area (Å²) < 4.78 is 0. The van der Waals surface area contributed by atoms with Crippen molar-refractivity contribution in [3.8, 4) is 16.3 Å². The molecule has 0 fully saturated rings. The molecule has 31 heavy (non-hydrogen) atoms. The summed E-state index contributed by atoms with van der Waals surface area (Å²) in [6, 6.07) is 19.5. The van der Waals surface area contributed by atoms with E-state index in [9.17, 15) is 14.7 Å². The van der Waals surface area contributed by atoms with E-state index in [1.165, 1.54) is 12.1 Å². The van der Waals surface area contributed by atoms with Gasteiger partial charge in [-0.2, -0.15) is 0 Å². The molecule has 0 saturated heterocycles. The number of carbonyl (C=O) groups excluding carboxylic acids is 2. The van der Waals surface area contributed by atoms with Crippen molar-refractivity contribution < 1.29 is 14.7 Å². The van der Waals surface area contributed by atoms with Crippen molar-refractivity contribution >= 4 is 34.1 Å². The number of benzene rings is 2. The predicted octanol–water partition coefficient (Wildman–Crippen LogP) is 4.22. The minimum absolute atomic E-state index is 0.0476. The number of thiophene rings is 1. The van der Waals surface area contributed by atoms with E-state index < -0.39 is 0 Å². The van der Waals surface area contributed by atoms with Crippen molar-refractivity contribution in [2.24, 2.45) is 0 Å². The number of nitrogens with one attached hydrogen (secondary N) is 2. The molecule has 0 bridgehead atoms. The normalized spacial score (nSPS) is 10.7. The lowest BCUT2D eigenvalue weighted by Gasteiger charge is -2.10. The van der Waals surface area contributed by atoms with Gasteiger partial charge >= 0.3 is 0 Å². The van der Waals surface area contributed by atoms with Crippen LogP contribution in [-0.4, -0.2) is 35.0 Å². The first-order chi connectivity index (χ1) is 15.1. The van der Waals surface area contributed by atoms with Gasteiger partial charge in [-0.05, 0) is 48.2 Å². The maximum Gasteiger partial charge on any atom is 0.252 e. The number of nitrogens with zero attached hydrogens (tertiary/aromatic N) is 1. The number of amides is 2. The van der Waals surface area contributed by atoms with Gasteiger partial charge in [-0.1, -0.05) is 30.3 Å². The molecule has 3 N–H and O–H groups in total. The summed E-state index contributed by atoms with van der Waals surface area (Å²) in [5, 5.41) is 18.0. The number of aromatic hydroxyl groups is 1. The van der Waals surface area contributed by atoms with Crippen LogP contribution in [0.4, 0.5) is 0 Å². The molecule has 0 aliphatic rings. The van der Waals surface area contributed by atoms with Crippen LogP contribution in [0.2, 0.25) is 0 Å².